The quantitative estimate of drug-likeness (QED) is 0.0611. The van der Waals surface area contributed by atoms with Crippen LogP contribution in [0.4, 0.5) is 0 Å². The Hall–Kier alpha value is -3.07. The van der Waals surface area contributed by atoms with Crippen LogP contribution in [-0.4, -0.2) is 83.9 Å². The number of primary amides is 1. The van der Waals surface area contributed by atoms with E-state index in [4.69, 9.17) is 28.0 Å². The number of amides is 4. The van der Waals surface area contributed by atoms with Crippen LogP contribution in [0, 0.1) is 0 Å². The van der Waals surface area contributed by atoms with Crippen molar-refractivity contribution >= 4 is 47.3 Å². The van der Waals surface area contributed by atoms with Gasteiger partial charge in [-0.15, -0.1) is 0 Å². The highest BCUT2D eigenvalue weighted by Crippen LogP contribution is 2.03. The predicted octanol–water partition coefficient (Wildman–Crippen LogP) is -3.83. The highest BCUT2D eigenvalue weighted by Gasteiger charge is 2.25. The number of hydrogen-bond acceptors (Lipinski definition) is 8. The predicted molar refractivity (Wildman–Crippen MR) is 119 cm³/mol. The Labute approximate surface area is 189 Å². The lowest BCUT2D eigenvalue weighted by atomic mass is 10.1. The molecule has 0 fully saturated rings. The lowest BCUT2D eigenvalue weighted by Gasteiger charge is -2.20. The first-order chi connectivity index (χ1) is 15.0. The topological polar surface area (TPSA) is 258 Å². The third-order valence-corrected chi connectivity index (χ3v) is 4.65. The van der Waals surface area contributed by atoms with Crippen molar-refractivity contribution in [2.45, 2.75) is 43.8 Å². The van der Waals surface area contributed by atoms with Crippen LogP contribution in [0.1, 0.15) is 25.7 Å². The van der Waals surface area contributed by atoms with Gasteiger partial charge in [-0.05, 0) is 31.3 Å². The minimum Gasteiger partial charge on any atom is -0.480 e. The largest absolute Gasteiger partial charge is 0.480 e. The van der Waals surface area contributed by atoms with E-state index in [0.717, 1.165) is 0 Å². The molecule has 0 saturated heterocycles. The van der Waals surface area contributed by atoms with Gasteiger partial charge in [0.15, 0.2) is 5.96 Å². The van der Waals surface area contributed by atoms with Crippen molar-refractivity contribution in [1.29, 1.82) is 0 Å². The summed E-state index contributed by atoms with van der Waals surface area (Å²) in [6, 6.07) is -3.35. The molecule has 0 radical (unpaired) electrons. The molecule has 182 valence electrons. The van der Waals surface area contributed by atoms with Gasteiger partial charge in [0.25, 0.3) is 0 Å². The number of nitrogens with one attached hydrogen (secondary N) is 3. The Balaban J connectivity index is 4.77. The Kier molecular flexibility index (Phi) is 14.2. The van der Waals surface area contributed by atoms with E-state index in [1.54, 1.807) is 0 Å². The van der Waals surface area contributed by atoms with E-state index >= 15 is 0 Å². The van der Waals surface area contributed by atoms with Gasteiger partial charge < -0.3 is 44.0 Å². The minimum atomic E-state index is -1.51. The second-order valence-corrected chi connectivity index (χ2v) is 7.73. The maximum atomic E-state index is 12.5. The standard InChI is InChI=1S/C17H32N8O6S/c1-32-6-4-10(25-14(28)9(18)3-2-5-22-17(20)21)15(29)23-8-13(27)24-11(16(30)31)7-12(19)26/h9-11H,2-8,18H2,1H3,(H2,19,26)(H,23,29)(H,24,27)(H,25,28)(H,30,31)(H4,20,21,22). The second kappa shape index (κ2) is 15.7. The number of thioether (sulfide) groups is 1. The van der Waals surface area contributed by atoms with Crippen molar-refractivity contribution in [3.05, 3.63) is 0 Å². The first-order valence-corrected chi connectivity index (χ1v) is 11.1. The Bertz CT molecular complexity index is 701. The number of carboxylic acid groups (broad SMARTS) is 1. The van der Waals surface area contributed by atoms with Gasteiger partial charge in [0.05, 0.1) is 19.0 Å². The van der Waals surface area contributed by atoms with Crippen LogP contribution in [0.5, 0.6) is 0 Å². The van der Waals surface area contributed by atoms with Gasteiger partial charge >= 0.3 is 5.97 Å². The first-order valence-electron chi connectivity index (χ1n) is 9.66. The SMILES string of the molecule is CSCCC(NC(=O)C(N)CCCN=C(N)N)C(=O)NCC(=O)NC(CC(N)=O)C(=O)O. The zero-order valence-corrected chi connectivity index (χ0v) is 18.7. The van der Waals surface area contributed by atoms with E-state index in [1.165, 1.54) is 11.8 Å². The number of aliphatic carboxylic acids is 1. The average molecular weight is 477 g/mol. The van der Waals surface area contributed by atoms with Crippen LogP contribution in [-0.2, 0) is 24.0 Å². The zero-order valence-electron chi connectivity index (χ0n) is 17.8. The van der Waals surface area contributed by atoms with Crippen LogP contribution < -0.4 is 38.9 Å². The number of rotatable bonds is 16. The fourth-order valence-corrected chi connectivity index (χ4v) is 2.84. The average Bonchev–Trinajstić information content (AvgIpc) is 2.70. The molecule has 0 saturated carbocycles. The number of nitrogens with zero attached hydrogens (tertiary/aromatic N) is 1. The monoisotopic (exact) mass is 476 g/mol. The van der Waals surface area contributed by atoms with E-state index in [1.807, 2.05) is 6.26 Å². The zero-order chi connectivity index (χ0) is 24.7. The number of guanidine groups is 1. The maximum absolute atomic E-state index is 12.5. The van der Waals surface area contributed by atoms with Gasteiger partial charge in [-0.3, -0.25) is 24.2 Å². The first kappa shape index (κ1) is 28.9. The molecule has 0 rings (SSSR count). The van der Waals surface area contributed by atoms with Crippen molar-refractivity contribution in [3.63, 3.8) is 0 Å². The highest BCUT2D eigenvalue weighted by molar-refractivity contribution is 7.98. The van der Waals surface area contributed by atoms with E-state index in [0.29, 0.717) is 25.1 Å². The van der Waals surface area contributed by atoms with Crippen LogP contribution in [0.25, 0.3) is 0 Å². The Morgan fingerprint density at radius 2 is 1.66 bits per heavy atom. The molecule has 0 aromatic carbocycles. The number of carbonyl (C=O) groups is 5. The fourth-order valence-electron chi connectivity index (χ4n) is 2.37. The van der Waals surface area contributed by atoms with E-state index in [-0.39, 0.29) is 12.4 Å². The molecule has 3 unspecified atom stereocenters. The summed E-state index contributed by atoms with van der Waals surface area (Å²) in [4.78, 5) is 62.4. The number of carboxylic acids is 1. The van der Waals surface area contributed by atoms with Gasteiger partial charge in [0.1, 0.15) is 12.1 Å². The summed E-state index contributed by atoms with van der Waals surface area (Å²) in [5.74, 6) is -3.89. The minimum absolute atomic E-state index is 0.0647. The molecule has 32 heavy (non-hydrogen) atoms. The third kappa shape index (κ3) is 13.3. The van der Waals surface area contributed by atoms with Gasteiger partial charge in [0, 0.05) is 6.54 Å². The molecule has 3 atom stereocenters. The van der Waals surface area contributed by atoms with E-state index < -0.39 is 60.7 Å². The molecule has 0 aliphatic rings. The fraction of sp³-hybridized carbons (Fsp3) is 0.647. The normalized spacial score (nSPS) is 13.2. The Morgan fingerprint density at radius 1 is 1.00 bits per heavy atom. The van der Waals surface area contributed by atoms with Crippen LogP contribution in [0.15, 0.2) is 4.99 Å². The summed E-state index contributed by atoms with van der Waals surface area (Å²) in [5.41, 5.74) is 21.2. The lowest BCUT2D eigenvalue weighted by molar-refractivity contribution is -0.143. The van der Waals surface area contributed by atoms with Gasteiger partial charge in [0.2, 0.25) is 23.6 Å². The third-order valence-electron chi connectivity index (χ3n) is 4.01. The molecule has 15 heteroatoms. The van der Waals surface area contributed by atoms with Gasteiger partial charge in [-0.2, -0.15) is 11.8 Å². The number of aliphatic imine (C=N–C) groups is 1. The molecular weight excluding hydrogens is 444 g/mol. The van der Waals surface area contributed by atoms with Crippen LogP contribution in [0.2, 0.25) is 0 Å². The molecule has 0 aromatic rings. The van der Waals surface area contributed by atoms with E-state index in [9.17, 15) is 24.0 Å². The molecule has 0 aromatic heterocycles. The van der Waals surface area contributed by atoms with Crippen molar-refractivity contribution < 1.29 is 29.1 Å². The summed E-state index contributed by atoms with van der Waals surface area (Å²) in [7, 11) is 0. The highest BCUT2D eigenvalue weighted by atomic mass is 32.2. The molecule has 0 aliphatic carbocycles. The van der Waals surface area contributed by atoms with Crippen molar-refractivity contribution in [2.75, 3.05) is 25.1 Å². The molecule has 4 amide bonds. The molecule has 0 heterocycles. The van der Waals surface area contributed by atoms with E-state index in [2.05, 4.69) is 20.9 Å². The maximum Gasteiger partial charge on any atom is 0.326 e. The van der Waals surface area contributed by atoms with Crippen LogP contribution >= 0.6 is 11.8 Å². The number of hydrogen-bond donors (Lipinski definition) is 8. The van der Waals surface area contributed by atoms with Gasteiger partial charge in [-0.25, -0.2) is 4.79 Å². The molecule has 14 nitrogen and oxygen atoms in total. The van der Waals surface area contributed by atoms with Crippen LogP contribution in [0.3, 0.4) is 0 Å². The lowest BCUT2D eigenvalue weighted by Crippen LogP contribution is -2.53. The summed E-state index contributed by atoms with van der Waals surface area (Å²) in [6.45, 7) is -0.251. The summed E-state index contributed by atoms with van der Waals surface area (Å²) < 4.78 is 0. The number of nitrogens with two attached hydrogens (primary N) is 4. The molecular formula is C17H32N8O6S. The smallest absolute Gasteiger partial charge is 0.326 e. The summed E-state index contributed by atoms with van der Waals surface area (Å²) in [5, 5.41) is 16.0. The van der Waals surface area contributed by atoms with Crippen molar-refractivity contribution in [2.24, 2.45) is 27.9 Å². The summed E-state index contributed by atoms with van der Waals surface area (Å²) in [6.07, 6.45) is 2.26. The van der Waals surface area contributed by atoms with Gasteiger partial charge in [-0.1, -0.05) is 0 Å². The molecule has 0 spiro atoms. The van der Waals surface area contributed by atoms with Crippen molar-refractivity contribution in [1.82, 2.24) is 16.0 Å². The van der Waals surface area contributed by atoms with Crippen molar-refractivity contribution in [3.8, 4) is 0 Å². The Morgan fingerprint density at radius 3 is 2.19 bits per heavy atom. The molecule has 0 bridgehead atoms. The molecule has 12 N–H and O–H groups in total. The number of carbonyl (C=O) groups excluding carboxylic acids is 4. The summed E-state index contributed by atoms with van der Waals surface area (Å²) >= 11 is 1.45. The molecule has 0 aliphatic heterocycles. The second-order valence-electron chi connectivity index (χ2n) is 6.74.